The average molecular weight is 654 g/mol. The number of nitrogens with one attached hydrogen (secondary N) is 2. The highest BCUT2D eigenvalue weighted by molar-refractivity contribution is 6.04. The predicted molar refractivity (Wildman–Crippen MR) is 210 cm³/mol. The Balaban J connectivity index is 1.26. The van der Waals surface area contributed by atoms with Crippen LogP contribution in [0.2, 0.25) is 0 Å². The Morgan fingerprint density at radius 2 is 1.10 bits per heavy atom. The van der Waals surface area contributed by atoms with Crippen LogP contribution in [0.1, 0.15) is 51.3 Å². The molecule has 51 heavy (non-hydrogen) atoms. The van der Waals surface area contributed by atoms with Crippen LogP contribution in [0.15, 0.2) is 193 Å². The lowest BCUT2D eigenvalue weighted by atomic mass is 9.67. The third-order valence-electron chi connectivity index (χ3n) is 10.8. The summed E-state index contributed by atoms with van der Waals surface area (Å²) in [6, 6.07) is 68.2. The van der Waals surface area contributed by atoms with Crippen LogP contribution in [-0.2, 0) is 5.41 Å². The highest BCUT2D eigenvalue weighted by atomic mass is 15.3. The van der Waals surface area contributed by atoms with Gasteiger partial charge >= 0.3 is 0 Å². The van der Waals surface area contributed by atoms with Crippen LogP contribution < -0.4 is 10.6 Å². The molecule has 242 valence electrons. The summed E-state index contributed by atoms with van der Waals surface area (Å²) >= 11 is 0. The molecular formula is C48H35N3. The van der Waals surface area contributed by atoms with Gasteiger partial charge < -0.3 is 5.32 Å². The second-order valence-electron chi connectivity index (χ2n) is 13.6. The maximum Gasteiger partial charge on any atom is 0.131 e. The molecule has 0 aromatic heterocycles. The summed E-state index contributed by atoms with van der Waals surface area (Å²) in [5.41, 5.74) is 10.6. The van der Waals surface area contributed by atoms with Crippen molar-refractivity contribution in [2.75, 3.05) is 0 Å². The first-order valence-electron chi connectivity index (χ1n) is 17.7. The lowest BCUT2D eigenvalue weighted by Gasteiger charge is -2.36. The van der Waals surface area contributed by atoms with Crippen LogP contribution in [-0.4, -0.2) is 5.84 Å². The Labute approximate surface area is 298 Å². The molecule has 8 aromatic carbocycles. The van der Waals surface area contributed by atoms with Gasteiger partial charge in [-0.1, -0.05) is 176 Å². The van der Waals surface area contributed by atoms with Gasteiger partial charge in [0.25, 0.3) is 0 Å². The van der Waals surface area contributed by atoms with Crippen molar-refractivity contribution in [1.82, 2.24) is 10.6 Å². The van der Waals surface area contributed by atoms with Gasteiger partial charge in [-0.15, -0.1) is 0 Å². The highest BCUT2D eigenvalue weighted by Gasteiger charge is 2.48. The molecule has 2 unspecified atom stereocenters. The summed E-state index contributed by atoms with van der Waals surface area (Å²) in [4.78, 5) is 5.34. The molecule has 1 aliphatic heterocycles. The van der Waals surface area contributed by atoms with Gasteiger partial charge in [0.05, 0.1) is 5.41 Å². The minimum absolute atomic E-state index is 0.246. The third kappa shape index (κ3) is 4.66. The van der Waals surface area contributed by atoms with Crippen LogP contribution in [0, 0.1) is 0 Å². The first-order valence-corrected chi connectivity index (χ1v) is 17.7. The van der Waals surface area contributed by atoms with Crippen LogP contribution in [0.5, 0.6) is 0 Å². The van der Waals surface area contributed by atoms with Gasteiger partial charge in [-0.2, -0.15) is 0 Å². The van der Waals surface area contributed by atoms with Gasteiger partial charge in [-0.05, 0) is 72.6 Å². The number of rotatable bonds is 5. The van der Waals surface area contributed by atoms with E-state index >= 15 is 0 Å². The number of aliphatic imine (C=N–C) groups is 1. The van der Waals surface area contributed by atoms with Crippen molar-refractivity contribution in [3.8, 4) is 11.1 Å². The number of hydrogen-bond acceptors (Lipinski definition) is 3. The zero-order chi connectivity index (χ0) is 33.8. The van der Waals surface area contributed by atoms with Crippen molar-refractivity contribution < 1.29 is 0 Å². The fourth-order valence-electron chi connectivity index (χ4n) is 8.60. The lowest BCUT2D eigenvalue weighted by Crippen LogP contribution is -2.45. The Kier molecular flexibility index (Phi) is 6.93. The molecule has 10 rings (SSSR count). The van der Waals surface area contributed by atoms with E-state index in [9.17, 15) is 0 Å². The van der Waals surface area contributed by atoms with Gasteiger partial charge in [0.2, 0.25) is 0 Å². The summed E-state index contributed by atoms with van der Waals surface area (Å²) < 4.78 is 0. The quantitative estimate of drug-likeness (QED) is 0.194. The molecule has 0 fully saturated rings. The van der Waals surface area contributed by atoms with E-state index in [-0.39, 0.29) is 12.3 Å². The first kappa shape index (κ1) is 29.6. The van der Waals surface area contributed by atoms with E-state index in [1.807, 2.05) is 0 Å². The van der Waals surface area contributed by atoms with Crippen molar-refractivity contribution in [1.29, 1.82) is 0 Å². The van der Waals surface area contributed by atoms with Crippen LogP contribution in [0.25, 0.3) is 32.7 Å². The molecule has 1 aliphatic carbocycles. The Hall–Kier alpha value is -6.29. The molecule has 0 spiro atoms. The fraction of sp³-hybridized carbons (Fsp3) is 0.0625. The molecule has 2 atom stereocenters. The molecule has 0 saturated carbocycles. The zero-order valence-corrected chi connectivity index (χ0v) is 28.0. The fourth-order valence-corrected chi connectivity index (χ4v) is 8.60. The molecule has 2 N–H and O–H groups in total. The van der Waals surface area contributed by atoms with E-state index in [0.717, 1.165) is 17.0 Å². The highest BCUT2D eigenvalue weighted by Crippen LogP contribution is 2.58. The van der Waals surface area contributed by atoms with Crippen molar-refractivity contribution in [2.45, 2.75) is 17.7 Å². The summed E-state index contributed by atoms with van der Waals surface area (Å²) in [7, 11) is 0. The zero-order valence-electron chi connectivity index (χ0n) is 28.0. The van der Waals surface area contributed by atoms with Gasteiger partial charge in [0.1, 0.15) is 18.2 Å². The van der Waals surface area contributed by atoms with Crippen LogP contribution >= 0.6 is 0 Å². The van der Waals surface area contributed by atoms with Gasteiger partial charge in [0, 0.05) is 11.1 Å². The van der Waals surface area contributed by atoms with Crippen LogP contribution in [0.4, 0.5) is 0 Å². The summed E-state index contributed by atoms with van der Waals surface area (Å²) in [6.45, 7) is 0. The summed E-state index contributed by atoms with van der Waals surface area (Å²) in [5, 5.41) is 12.8. The summed E-state index contributed by atoms with van der Waals surface area (Å²) in [5.74, 6) is 0.878. The molecule has 2 aliphatic rings. The van der Waals surface area contributed by atoms with E-state index in [1.54, 1.807) is 0 Å². The van der Waals surface area contributed by atoms with E-state index in [2.05, 4.69) is 199 Å². The van der Waals surface area contributed by atoms with Gasteiger partial charge in [0.15, 0.2) is 0 Å². The predicted octanol–water partition coefficient (Wildman–Crippen LogP) is 10.7. The van der Waals surface area contributed by atoms with Crippen LogP contribution in [0.3, 0.4) is 0 Å². The topological polar surface area (TPSA) is 36.4 Å². The monoisotopic (exact) mass is 653 g/mol. The minimum Gasteiger partial charge on any atom is -0.350 e. The normalized spacial score (nSPS) is 17.4. The van der Waals surface area contributed by atoms with Crippen molar-refractivity contribution in [2.24, 2.45) is 4.99 Å². The molecular weight excluding hydrogens is 619 g/mol. The largest absolute Gasteiger partial charge is 0.350 e. The molecule has 0 radical (unpaired) electrons. The number of nitrogens with zero attached hydrogens (tertiary/aromatic N) is 1. The Bertz CT molecular complexity index is 2550. The van der Waals surface area contributed by atoms with Crippen molar-refractivity contribution >= 4 is 27.4 Å². The molecule has 3 heteroatoms. The number of benzene rings is 8. The Morgan fingerprint density at radius 1 is 0.490 bits per heavy atom. The third-order valence-corrected chi connectivity index (χ3v) is 10.8. The average Bonchev–Trinajstić information content (AvgIpc) is 3.51. The molecule has 0 saturated heterocycles. The van der Waals surface area contributed by atoms with E-state index in [0.29, 0.717) is 0 Å². The smallest absolute Gasteiger partial charge is 0.131 e. The molecule has 8 aromatic rings. The molecule has 0 amide bonds. The number of hydrogen-bond donors (Lipinski definition) is 2. The number of fused-ring (bicyclic) bond motifs is 5. The molecule has 0 bridgehead atoms. The number of amidine groups is 1. The molecule has 1 heterocycles. The second-order valence-corrected chi connectivity index (χ2v) is 13.6. The lowest BCUT2D eigenvalue weighted by molar-refractivity contribution is 0.411. The first-order chi connectivity index (χ1) is 25.3. The van der Waals surface area contributed by atoms with Gasteiger partial charge in [-0.25, -0.2) is 4.99 Å². The Morgan fingerprint density at radius 3 is 1.84 bits per heavy atom. The maximum absolute atomic E-state index is 5.34. The molecule has 3 nitrogen and oxygen atoms in total. The van der Waals surface area contributed by atoms with E-state index in [4.69, 9.17) is 4.99 Å². The SMILES string of the molecule is c1ccc(C2N=C(c3ccc4ccccc4c3)NC(c3c4c(cc5ccccc35)C(c3ccccc3)(c3ccccc3)c3ccccc3-4)N2)cc1. The van der Waals surface area contributed by atoms with Gasteiger partial charge in [-0.3, -0.25) is 5.32 Å². The van der Waals surface area contributed by atoms with Crippen molar-refractivity contribution in [3.05, 3.63) is 227 Å². The summed E-state index contributed by atoms with van der Waals surface area (Å²) in [6.07, 6.45) is -0.498. The van der Waals surface area contributed by atoms with E-state index in [1.165, 1.54) is 60.5 Å². The minimum atomic E-state index is -0.504. The standard InChI is InChI=1S/C48H35N3/c1-4-17-33(18-5-1)45-49-46(36-29-28-32-16-10-11-19-34(32)30-36)51-47(50-45)44-39-25-13-12-20-35(39)31-42-43(44)40-26-14-15-27-41(40)48(42,37-21-6-2-7-22-37)38-23-8-3-9-24-38/h1-31,45,47,50H,(H,49,51). The van der Waals surface area contributed by atoms with Crippen molar-refractivity contribution in [3.63, 3.8) is 0 Å². The second kappa shape index (κ2) is 11.9. The maximum atomic E-state index is 5.34. The van der Waals surface area contributed by atoms with E-state index < -0.39 is 5.41 Å².